The lowest BCUT2D eigenvalue weighted by molar-refractivity contribution is -0.270. The molecule has 1 aliphatic heterocycles. The maximum atomic E-state index is 12.1. The first kappa shape index (κ1) is 30.4. The second-order valence-corrected chi connectivity index (χ2v) is 8.54. The minimum atomic E-state index is -1.38. The van der Waals surface area contributed by atoms with Crippen molar-refractivity contribution in [3.05, 3.63) is 23.9 Å². The van der Waals surface area contributed by atoms with Crippen molar-refractivity contribution in [1.82, 2.24) is 20.9 Å². The van der Waals surface area contributed by atoms with E-state index in [4.69, 9.17) is 9.47 Å². The van der Waals surface area contributed by atoms with E-state index in [1.54, 1.807) is 12.1 Å². The molecule has 37 heavy (non-hydrogen) atoms. The lowest BCUT2D eigenvalue weighted by atomic mass is 9.97. The maximum absolute atomic E-state index is 12.1. The van der Waals surface area contributed by atoms with Gasteiger partial charge in [-0.15, -0.1) is 4.47 Å². The van der Waals surface area contributed by atoms with Crippen LogP contribution in [0, 0.1) is 0 Å². The molecule has 0 radical (unpaired) electrons. The summed E-state index contributed by atoms with van der Waals surface area (Å²) in [5, 5.41) is 37.6. The Hall–Kier alpha value is -2.82. The number of unbranched alkanes of at least 4 members (excludes halogenated alkanes) is 1. The lowest BCUT2D eigenvalue weighted by Gasteiger charge is -2.42. The van der Waals surface area contributed by atoms with Crippen LogP contribution in [0.3, 0.4) is 0 Å². The first-order valence-corrected chi connectivity index (χ1v) is 12.2. The first-order valence-electron chi connectivity index (χ1n) is 11.9. The summed E-state index contributed by atoms with van der Waals surface area (Å²) in [5.41, 5.74) is 2.89. The average molecular weight is 543 g/mol. The van der Waals surface area contributed by atoms with E-state index >= 15 is 0 Å². The molecule has 206 valence electrons. The molecule has 5 unspecified atom stereocenters. The molecule has 5 atom stereocenters. The molecular formula is C22H34N6O8S. The quantitative estimate of drug-likeness (QED) is 0.100. The Morgan fingerprint density at radius 2 is 1.89 bits per heavy atom. The third kappa shape index (κ3) is 10.2. The van der Waals surface area contributed by atoms with E-state index in [1.807, 2.05) is 0 Å². The van der Waals surface area contributed by atoms with Crippen LogP contribution in [0.25, 0.3) is 0 Å². The highest BCUT2D eigenvalue weighted by Crippen LogP contribution is 2.22. The van der Waals surface area contributed by atoms with Gasteiger partial charge in [0, 0.05) is 39.2 Å². The number of rotatable bonds is 15. The summed E-state index contributed by atoms with van der Waals surface area (Å²) < 4.78 is 14.4. The van der Waals surface area contributed by atoms with Gasteiger partial charge < -0.3 is 40.7 Å². The van der Waals surface area contributed by atoms with Gasteiger partial charge in [0.05, 0.1) is 24.6 Å². The summed E-state index contributed by atoms with van der Waals surface area (Å²) in [6.45, 7) is 1.68. The molecule has 0 bridgehead atoms. The van der Waals surface area contributed by atoms with E-state index in [1.165, 1.54) is 13.1 Å². The van der Waals surface area contributed by atoms with Gasteiger partial charge in [0.25, 0.3) is 5.91 Å². The average Bonchev–Trinajstić information content (AvgIpc) is 2.87. The molecule has 0 aliphatic carbocycles. The minimum Gasteiger partial charge on any atom is -0.394 e. The predicted octanol–water partition coefficient (Wildman–Crippen LogP) is -1.49. The zero-order valence-corrected chi connectivity index (χ0v) is 21.3. The second-order valence-electron chi connectivity index (χ2n) is 8.36. The van der Waals surface area contributed by atoms with Crippen molar-refractivity contribution in [3.8, 4) is 0 Å². The largest absolute Gasteiger partial charge is 0.394 e. The number of carbonyl (C=O) groups is 3. The number of carbonyl (C=O) groups excluding carboxylic acids is 3. The number of ether oxygens (including phenoxy) is 2. The molecule has 2 heterocycles. The Labute approximate surface area is 219 Å². The smallest absolute Gasteiger partial charge is 0.252 e. The third-order valence-corrected chi connectivity index (χ3v) is 5.57. The lowest BCUT2D eigenvalue weighted by Crippen LogP contribution is -2.64. The molecule has 1 aromatic heterocycles. The summed E-state index contributed by atoms with van der Waals surface area (Å²) in [6, 6.07) is 2.17. The van der Waals surface area contributed by atoms with E-state index in [-0.39, 0.29) is 24.8 Å². The third-order valence-electron chi connectivity index (χ3n) is 5.48. The van der Waals surface area contributed by atoms with Crippen LogP contribution >= 0.6 is 0 Å². The van der Waals surface area contributed by atoms with Crippen LogP contribution in [-0.4, -0.2) is 95.0 Å². The fourth-order valence-corrected chi connectivity index (χ4v) is 3.64. The van der Waals surface area contributed by atoms with Gasteiger partial charge in [-0.1, -0.05) is 0 Å². The number of aromatic nitrogens is 1. The van der Waals surface area contributed by atoms with Gasteiger partial charge >= 0.3 is 0 Å². The summed E-state index contributed by atoms with van der Waals surface area (Å²) >= 11 is 4.43. The molecule has 2 rings (SSSR count). The van der Waals surface area contributed by atoms with Crippen molar-refractivity contribution in [1.29, 1.82) is 0 Å². The molecule has 1 aromatic rings. The minimum absolute atomic E-state index is 0.144. The standard InChI is InChI=1S/C22H34N6O8S/c1-13(30)26-18-20(33)19(32)15(12-29)36-22(18)35-10-3-2-5-17(31)23-8-4-9-24-21(34)14-6-7-16(25-11-14)27-28-37/h6-7,11,15,18-20,22,29,32-33H,2-5,8-10,12H2,1H3,(H,23,31)(H,24,34)(H,26,30)(H,25,27,37). The number of anilines is 1. The molecule has 1 aliphatic rings. The van der Waals surface area contributed by atoms with Crippen LogP contribution < -0.4 is 21.4 Å². The maximum Gasteiger partial charge on any atom is 0.252 e. The van der Waals surface area contributed by atoms with Crippen molar-refractivity contribution in [2.24, 2.45) is 4.47 Å². The van der Waals surface area contributed by atoms with Gasteiger partial charge in [-0.3, -0.25) is 14.4 Å². The Balaban J connectivity index is 1.59. The second kappa shape index (κ2) is 16.1. The summed E-state index contributed by atoms with van der Waals surface area (Å²) in [6.07, 6.45) is -1.62. The van der Waals surface area contributed by atoms with E-state index in [0.717, 1.165) is 0 Å². The highest BCUT2D eigenvalue weighted by molar-refractivity contribution is 7.47. The van der Waals surface area contributed by atoms with Gasteiger partial charge in [0.15, 0.2) is 6.29 Å². The molecule has 0 spiro atoms. The van der Waals surface area contributed by atoms with Crippen molar-refractivity contribution >= 4 is 36.0 Å². The van der Waals surface area contributed by atoms with Gasteiger partial charge in [0.1, 0.15) is 30.2 Å². The Bertz CT molecular complexity index is 892. The Kier molecular flexibility index (Phi) is 13.2. The molecule has 7 N–H and O–H groups in total. The summed E-state index contributed by atoms with van der Waals surface area (Å²) in [4.78, 5) is 39.5. The summed E-state index contributed by atoms with van der Waals surface area (Å²) in [7, 11) is 0. The molecular weight excluding hydrogens is 508 g/mol. The van der Waals surface area contributed by atoms with E-state index in [0.29, 0.717) is 43.7 Å². The van der Waals surface area contributed by atoms with E-state index in [9.17, 15) is 29.7 Å². The number of hydrogen-bond acceptors (Lipinski definition) is 11. The van der Waals surface area contributed by atoms with Gasteiger partial charge in [-0.25, -0.2) is 10.4 Å². The number of hydrogen-bond donors (Lipinski definition) is 7. The summed E-state index contributed by atoms with van der Waals surface area (Å²) in [5.74, 6) is -0.423. The Morgan fingerprint density at radius 3 is 2.54 bits per heavy atom. The molecule has 3 amide bonds. The number of amides is 3. The van der Waals surface area contributed by atoms with Crippen LogP contribution in [0.2, 0.25) is 0 Å². The predicted molar refractivity (Wildman–Crippen MR) is 133 cm³/mol. The number of aliphatic hydroxyl groups is 3. The van der Waals surface area contributed by atoms with Gasteiger partial charge in [-0.05, 0) is 31.4 Å². The van der Waals surface area contributed by atoms with Crippen molar-refractivity contribution in [3.63, 3.8) is 0 Å². The SMILES string of the molecule is CC(=O)NC1C(OCCCCC(=O)NCCCNC(=O)c2ccc(NN=S)nc2)OC(CO)C(O)C1O. The van der Waals surface area contributed by atoms with Crippen LogP contribution in [0.1, 0.15) is 43.0 Å². The Morgan fingerprint density at radius 1 is 1.14 bits per heavy atom. The molecule has 15 heteroatoms. The fourth-order valence-electron chi connectivity index (χ4n) is 3.55. The number of nitrogens with zero attached hydrogens (tertiary/aromatic N) is 2. The number of nitrogens with one attached hydrogen (secondary N) is 4. The van der Waals surface area contributed by atoms with E-state index < -0.39 is 43.2 Å². The topological polar surface area (TPSA) is 204 Å². The molecule has 1 saturated heterocycles. The van der Waals surface area contributed by atoms with Crippen molar-refractivity contribution in [2.45, 2.75) is 63.3 Å². The van der Waals surface area contributed by atoms with Crippen LogP contribution in [0.5, 0.6) is 0 Å². The molecule has 1 fully saturated rings. The van der Waals surface area contributed by atoms with Gasteiger partial charge in [-0.2, -0.15) is 0 Å². The van der Waals surface area contributed by atoms with Crippen molar-refractivity contribution < 1.29 is 39.2 Å². The zero-order valence-electron chi connectivity index (χ0n) is 20.5. The molecule has 14 nitrogen and oxygen atoms in total. The highest BCUT2D eigenvalue weighted by atomic mass is 32.1. The van der Waals surface area contributed by atoms with Crippen LogP contribution in [0.4, 0.5) is 5.82 Å². The van der Waals surface area contributed by atoms with Crippen molar-refractivity contribution in [2.75, 3.05) is 31.7 Å². The highest BCUT2D eigenvalue weighted by Gasteiger charge is 2.45. The first-order chi connectivity index (χ1) is 17.8. The van der Waals surface area contributed by atoms with Crippen LogP contribution in [0.15, 0.2) is 22.8 Å². The number of aliphatic hydroxyl groups excluding tert-OH is 3. The fraction of sp³-hybridized carbons (Fsp3) is 0.636. The monoisotopic (exact) mass is 542 g/mol. The molecule has 0 aromatic carbocycles. The van der Waals surface area contributed by atoms with Gasteiger partial charge in [0.2, 0.25) is 11.8 Å². The normalized spacial score (nSPS) is 23.1. The molecule has 0 saturated carbocycles. The zero-order chi connectivity index (χ0) is 27.2. The number of pyridine rings is 1. The van der Waals surface area contributed by atoms with Crippen LogP contribution in [-0.2, 0) is 31.5 Å². The van der Waals surface area contributed by atoms with E-state index in [2.05, 4.69) is 43.3 Å².